The van der Waals surface area contributed by atoms with Crippen LogP contribution in [-0.4, -0.2) is 43.1 Å². The Morgan fingerprint density at radius 3 is 2.93 bits per heavy atom. The second kappa shape index (κ2) is 9.65. The summed E-state index contributed by atoms with van der Waals surface area (Å²) in [5.41, 5.74) is 1.13. The number of carbonyl (C=O) groups is 1. The van der Waals surface area contributed by atoms with Gasteiger partial charge in [0, 0.05) is 30.1 Å². The molecule has 1 aromatic heterocycles. The van der Waals surface area contributed by atoms with Crippen molar-refractivity contribution in [1.29, 1.82) is 0 Å². The Bertz CT molecular complexity index is 936. The van der Waals surface area contributed by atoms with Crippen molar-refractivity contribution in [3.63, 3.8) is 0 Å². The molecule has 2 fully saturated rings. The van der Waals surface area contributed by atoms with E-state index in [0.717, 1.165) is 30.3 Å². The van der Waals surface area contributed by atoms with Gasteiger partial charge in [-0.05, 0) is 68.8 Å². The maximum atomic E-state index is 12.4. The third kappa shape index (κ3) is 4.86. The number of nitrogens with one attached hydrogen (secondary N) is 1. The number of hydrogen-bond acceptors (Lipinski definition) is 5. The number of aryl methyl sites for hydroxylation is 1. The van der Waals surface area contributed by atoms with Crippen LogP contribution in [0.4, 0.5) is 0 Å². The van der Waals surface area contributed by atoms with Crippen molar-refractivity contribution in [1.82, 2.24) is 10.2 Å². The second-order valence-corrected chi connectivity index (χ2v) is 8.59. The quantitative estimate of drug-likeness (QED) is 0.705. The highest BCUT2D eigenvalue weighted by molar-refractivity contribution is 5.82. The van der Waals surface area contributed by atoms with Gasteiger partial charge in [0.15, 0.2) is 6.61 Å². The minimum absolute atomic E-state index is 0.0362. The summed E-state index contributed by atoms with van der Waals surface area (Å²) < 4.78 is 11.0. The SMILES string of the molecule is CCCc1cc(=O)oc2cc(OCC(=O)NC[C@@H]3CCCN4CCCC[C@H]34)ccc12. The first-order chi connectivity index (χ1) is 14.6. The Hall–Kier alpha value is -2.34. The number of benzene rings is 1. The van der Waals surface area contributed by atoms with Gasteiger partial charge in [-0.15, -0.1) is 0 Å². The van der Waals surface area contributed by atoms with Gasteiger partial charge >= 0.3 is 5.63 Å². The van der Waals surface area contributed by atoms with E-state index in [1.54, 1.807) is 12.1 Å². The lowest BCUT2D eigenvalue weighted by Crippen LogP contribution is -2.51. The first kappa shape index (κ1) is 20.9. The molecule has 162 valence electrons. The third-order valence-corrected chi connectivity index (χ3v) is 6.48. The zero-order valence-electron chi connectivity index (χ0n) is 17.8. The molecule has 4 rings (SSSR count). The normalized spacial score (nSPS) is 21.9. The number of fused-ring (bicyclic) bond motifs is 2. The van der Waals surface area contributed by atoms with Crippen molar-refractivity contribution in [3.05, 3.63) is 40.2 Å². The smallest absolute Gasteiger partial charge is 0.336 e. The molecule has 0 radical (unpaired) electrons. The number of amides is 1. The first-order valence-electron chi connectivity index (χ1n) is 11.3. The number of piperidine rings is 2. The molecular formula is C24H32N2O4. The topological polar surface area (TPSA) is 71.8 Å². The van der Waals surface area contributed by atoms with Gasteiger partial charge < -0.3 is 19.4 Å². The maximum Gasteiger partial charge on any atom is 0.336 e. The molecule has 6 heteroatoms. The van der Waals surface area contributed by atoms with Crippen LogP contribution in [0.25, 0.3) is 11.0 Å². The molecule has 0 spiro atoms. The van der Waals surface area contributed by atoms with Crippen LogP contribution >= 0.6 is 0 Å². The fourth-order valence-electron chi connectivity index (χ4n) is 5.04. The van der Waals surface area contributed by atoms with Crippen molar-refractivity contribution < 1.29 is 13.9 Å². The Balaban J connectivity index is 1.32. The van der Waals surface area contributed by atoms with Crippen molar-refractivity contribution in [2.75, 3.05) is 26.2 Å². The summed E-state index contributed by atoms with van der Waals surface area (Å²) in [7, 11) is 0. The lowest BCUT2D eigenvalue weighted by molar-refractivity contribution is -0.123. The molecule has 2 atom stereocenters. The number of ether oxygens (including phenoxy) is 1. The van der Waals surface area contributed by atoms with E-state index < -0.39 is 0 Å². The second-order valence-electron chi connectivity index (χ2n) is 8.59. The van der Waals surface area contributed by atoms with Crippen molar-refractivity contribution in [2.24, 2.45) is 5.92 Å². The molecule has 1 N–H and O–H groups in total. The van der Waals surface area contributed by atoms with Gasteiger partial charge in [0.25, 0.3) is 5.91 Å². The fraction of sp³-hybridized carbons (Fsp3) is 0.583. The van der Waals surface area contributed by atoms with Crippen LogP contribution in [0.1, 0.15) is 51.0 Å². The van der Waals surface area contributed by atoms with E-state index in [0.29, 0.717) is 23.3 Å². The van der Waals surface area contributed by atoms with Gasteiger partial charge in [-0.3, -0.25) is 4.79 Å². The van der Waals surface area contributed by atoms with Crippen LogP contribution in [0.3, 0.4) is 0 Å². The molecule has 3 heterocycles. The van der Waals surface area contributed by atoms with Gasteiger partial charge in [0.05, 0.1) is 0 Å². The zero-order chi connectivity index (χ0) is 20.9. The number of carbonyl (C=O) groups excluding carboxylic acids is 1. The van der Waals surface area contributed by atoms with E-state index in [1.807, 2.05) is 12.1 Å². The minimum Gasteiger partial charge on any atom is -0.484 e. The standard InChI is InChI=1S/C24H32N2O4/c1-2-6-17-13-24(28)30-22-14-19(9-10-20(17)22)29-16-23(27)25-15-18-7-5-12-26-11-4-3-8-21(18)26/h9-10,13-14,18,21H,2-8,11-12,15-16H2,1H3,(H,25,27)/t18-,21+/m0/s1. The Kier molecular flexibility index (Phi) is 6.72. The van der Waals surface area contributed by atoms with E-state index in [1.165, 1.54) is 45.2 Å². The van der Waals surface area contributed by atoms with E-state index in [2.05, 4.69) is 17.1 Å². The summed E-state index contributed by atoms with van der Waals surface area (Å²) in [5, 5.41) is 3.98. The zero-order valence-corrected chi connectivity index (χ0v) is 17.8. The summed E-state index contributed by atoms with van der Waals surface area (Å²) in [6, 6.07) is 7.60. The molecule has 1 amide bonds. The average Bonchev–Trinajstić information content (AvgIpc) is 2.76. The van der Waals surface area contributed by atoms with Gasteiger partial charge in [-0.2, -0.15) is 0 Å². The number of rotatable bonds is 7. The van der Waals surface area contributed by atoms with Crippen molar-refractivity contribution >= 4 is 16.9 Å². The summed E-state index contributed by atoms with van der Waals surface area (Å²) in [6.45, 7) is 5.17. The molecule has 0 aliphatic carbocycles. The molecule has 6 nitrogen and oxygen atoms in total. The lowest BCUT2D eigenvalue weighted by Gasteiger charge is -2.44. The van der Waals surface area contributed by atoms with Crippen LogP contribution in [0.2, 0.25) is 0 Å². The average molecular weight is 413 g/mol. The monoisotopic (exact) mass is 412 g/mol. The molecule has 30 heavy (non-hydrogen) atoms. The lowest BCUT2D eigenvalue weighted by atomic mass is 9.83. The molecule has 0 unspecified atom stereocenters. The van der Waals surface area contributed by atoms with Gasteiger partial charge in [0.1, 0.15) is 11.3 Å². The van der Waals surface area contributed by atoms with Crippen molar-refractivity contribution in [2.45, 2.75) is 57.9 Å². The van der Waals surface area contributed by atoms with Gasteiger partial charge in [-0.25, -0.2) is 4.79 Å². The highest BCUT2D eigenvalue weighted by atomic mass is 16.5. The van der Waals surface area contributed by atoms with Gasteiger partial charge in [0.2, 0.25) is 0 Å². The van der Waals surface area contributed by atoms with Crippen LogP contribution in [0, 0.1) is 5.92 Å². The number of nitrogens with zero attached hydrogens (tertiary/aromatic N) is 1. The molecule has 0 bridgehead atoms. The predicted molar refractivity (Wildman–Crippen MR) is 117 cm³/mol. The fourth-order valence-corrected chi connectivity index (χ4v) is 5.04. The highest BCUT2D eigenvalue weighted by Gasteiger charge is 2.32. The largest absolute Gasteiger partial charge is 0.484 e. The third-order valence-electron chi connectivity index (χ3n) is 6.48. The molecular weight excluding hydrogens is 380 g/mol. The molecule has 2 aliphatic rings. The van der Waals surface area contributed by atoms with Gasteiger partial charge in [-0.1, -0.05) is 19.8 Å². The van der Waals surface area contributed by atoms with Crippen molar-refractivity contribution in [3.8, 4) is 5.75 Å². The Morgan fingerprint density at radius 2 is 2.07 bits per heavy atom. The molecule has 2 aliphatic heterocycles. The van der Waals surface area contributed by atoms with Crippen LogP contribution in [0.15, 0.2) is 33.5 Å². The maximum absolute atomic E-state index is 12.4. The minimum atomic E-state index is -0.356. The first-order valence-corrected chi connectivity index (χ1v) is 11.3. The van der Waals surface area contributed by atoms with E-state index in [-0.39, 0.29) is 18.1 Å². The molecule has 1 aromatic carbocycles. The Morgan fingerprint density at radius 1 is 1.20 bits per heavy atom. The van der Waals surface area contributed by atoms with E-state index in [9.17, 15) is 9.59 Å². The molecule has 2 saturated heterocycles. The highest BCUT2D eigenvalue weighted by Crippen LogP contribution is 2.30. The van der Waals surface area contributed by atoms with E-state index in [4.69, 9.17) is 9.15 Å². The number of hydrogen-bond donors (Lipinski definition) is 1. The van der Waals surface area contributed by atoms with Crippen LogP contribution in [-0.2, 0) is 11.2 Å². The van der Waals surface area contributed by atoms with Crippen LogP contribution < -0.4 is 15.7 Å². The van der Waals surface area contributed by atoms with Crippen LogP contribution in [0.5, 0.6) is 5.75 Å². The predicted octanol–water partition coefficient (Wildman–Crippen LogP) is 3.51. The summed E-state index contributed by atoms with van der Waals surface area (Å²) >= 11 is 0. The summed E-state index contributed by atoms with van der Waals surface area (Å²) in [4.78, 5) is 26.8. The molecule has 2 aromatic rings. The summed E-state index contributed by atoms with van der Waals surface area (Å²) in [5.74, 6) is 0.963. The van der Waals surface area contributed by atoms with E-state index >= 15 is 0 Å². The summed E-state index contributed by atoms with van der Waals surface area (Å²) in [6.07, 6.45) is 8.03. The Labute approximate surface area is 177 Å². The molecule has 0 saturated carbocycles.